The number of hydrogen-bond acceptors (Lipinski definition) is 5. The Bertz CT molecular complexity index is 842. The molecular formula is C20H22N2O4. The summed E-state index contributed by atoms with van der Waals surface area (Å²) in [5, 5.41) is 11.1. The van der Waals surface area contributed by atoms with E-state index in [1.165, 1.54) is 12.1 Å². The van der Waals surface area contributed by atoms with E-state index in [0.717, 1.165) is 42.6 Å². The highest BCUT2D eigenvalue weighted by atomic mass is 16.6. The number of nitro groups is 1. The number of anilines is 1. The Morgan fingerprint density at radius 2 is 1.88 bits per heavy atom. The second-order valence-corrected chi connectivity index (χ2v) is 6.66. The van der Waals surface area contributed by atoms with Crippen molar-refractivity contribution in [2.75, 3.05) is 18.0 Å². The van der Waals surface area contributed by atoms with E-state index in [2.05, 4.69) is 4.90 Å². The van der Waals surface area contributed by atoms with Gasteiger partial charge in [0.2, 0.25) is 0 Å². The van der Waals surface area contributed by atoms with Crippen LogP contribution >= 0.6 is 0 Å². The van der Waals surface area contributed by atoms with Crippen LogP contribution in [0, 0.1) is 24.0 Å². The second kappa shape index (κ2) is 7.56. The molecule has 0 N–H and O–H groups in total. The summed E-state index contributed by atoms with van der Waals surface area (Å²) < 4.78 is 5.50. The monoisotopic (exact) mass is 354 g/mol. The van der Waals surface area contributed by atoms with E-state index in [1.807, 2.05) is 32.0 Å². The highest BCUT2D eigenvalue weighted by Gasteiger charge is 2.23. The molecular weight excluding hydrogens is 332 g/mol. The number of aryl methyl sites for hydroxylation is 2. The molecule has 2 aromatic carbocycles. The van der Waals surface area contributed by atoms with Crippen LogP contribution in [0.5, 0.6) is 0 Å². The second-order valence-electron chi connectivity index (χ2n) is 6.66. The smallest absolute Gasteiger partial charge is 0.340 e. The van der Waals surface area contributed by atoms with Gasteiger partial charge in [-0.15, -0.1) is 0 Å². The van der Waals surface area contributed by atoms with E-state index >= 15 is 0 Å². The number of nitrogens with zero attached hydrogens (tertiary/aromatic N) is 2. The van der Waals surface area contributed by atoms with Crippen molar-refractivity contribution in [3.63, 3.8) is 0 Å². The highest BCUT2D eigenvalue weighted by Crippen LogP contribution is 2.29. The molecule has 6 nitrogen and oxygen atoms in total. The number of rotatable bonds is 5. The van der Waals surface area contributed by atoms with Crippen molar-refractivity contribution in [2.45, 2.75) is 33.3 Å². The fraction of sp³-hybridized carbons (Fsp3) is 0.350. The molecule has 26 heavy (non-hydrogen) atoms. The molecule has 1 fully saturated rings. The number of benzene rings is 2. The quantitative estimate of drug-likeness (QED) is 0.458. The molecule has 1 heterocycles. The Morgan fingerprint density at radius 3 is 2.58 bits per heavy atom. The minimum atomic E-state index is -0.531. The SMILES string of the molecule is Cc1ccc(C)c(COC(=O)c2cc([N+](=O)[O-])ccc2N2CCCC2)c1. The predicted octanol–water partition coefficient (Wildman–Crippen LogP) is 4.17. The van der Waals surface area contributed by atoms with Crippen LogP contribution in [0.4, 0.5) is 11.4 Å². The first-order valence-electron chi connectivity index (χ1n) is 8.72. The van der Waals surface area contributed by atoms with Crippen molar-refractivity contribution < 1.29 is 14.5 Å². The van der Waals surface area contributed by atoms with Gasteiger partial charge in [-0.1, -0.05) is 23.8 Å². The molecule has 1 aliphatic rings. The normalized spacial score (nSPS) is 13.7. The van der Waals surface area contributed by atoms with Crippen LogP contribution < -0.4 is 4.90 Å². The fourth-order valence-electron chi connectivity index (χ4n) is 3.21. The van der Waals surface area contributed by atoms with Crippen LogP contribution in [0.25, 0.3) is 0 Å². The molecule has 136 valence electrons. The molecule has 1 saturated heterocycles. The molecule has 0 amide bonds. The van der Waals surface area contributed by atoms with Gasteiger partial charge in [0, 0.05) is 25.2 Å². The van der Waals surface area contributed by atoms with Crippen molar-refractivity contribution in [2.24, 2.45) is 0 Å². The largest absolute Gasteiger partial charge is 0.457 e. The van der Waals surface area contributed by atoms with Gasteiger partial charge in [0.15, 0.2) is 0 Å². The topological polar surface area (TPSA) is 72.7 Å². The third-order valence-corrected chi connectivity index (χ3v) is 4.72. The summed E-state index contributed by atoms with van der Waals surface area (Å²) in [4.78, 5) is 25.4. The maximum Gasteiger partial charge on any atom is 0.340 e. The van der Waals surface area contributed by atoms with Gasteiger partial charge in [0.05, 0.1) is 16.2 Å². The lowest BCUT2D eigenvalue weighted by molar-refractivity contribution is -0.384. The molecule has 0 spiro atoms. The van der Waals surface area contributed by atoms with Crippen molar-refractivity contribution in [1.82, 2.24) is 0 Å². The third-order valence-electron chi connectivity index (χ3n) is 4.72. The van der Waals surface area contributed by atoms with Crippen LogP contribution in [-0.4, -0.2) is 24.0 Å². The van der Waals surface area contributed by atoms with E-state index in [1.54, 1.807) is 6.07 Å². The number of ether oxygens (including phenoxy) is 1. The molecule has 3 rings (SSSR count). The Kier molecular flexibility index (Phi) is 5.21. The summed E-state index contributed by atoms with van der Waals surface area (Å²) >= 11 is 0. The van der Waals surface area contributed by atoms with Crippen molar-refractivity contribution in [1.29, 1.82) is 0 Å². The number of carbonyl (C=O) groups is 1. The number of nitro benzene ring substituents is 1. The first kappa shape index (κ1) is 17.9. The van der Waals surface area contributed by atoms with E-state index in [-0.39, 0.29) is 17.9 Å². The Morgan fingerprint density at radius 1 is 1.15 bits per heavy atom. The van der Waals surface area contributed by atoms with Gasteiger partial charge in [-0.2, -0.15) is 0 Å². The molecule has 0 atom stereocenters. The third kappa shape index (κ3) is 3.85. The zero-order chi connectivity index (χ0) is 18.7. The number of esters is 1. The summed E-state index contributed by atoms with van der Waals surface area (Å²) in [6, 6.07) is 10.4. The van der Waals surface area contributed by atoms with Gasteiger partial charge < -0.3 is 9.64 Å². The van der Waals surface area contributed by atoms with Crippen LogP contribution in [-0.2, 0) is 11.3 Å². The standard InChI is InChI=1S/C20H22N2O4/c1-14-5-6-15(2)16(11-14)13-26-20(23)18-12-17(22(24)25)7-8-19(18)21-9-3-4-10-21/h5-8,11-12H,3-4,9-10,13H2,1-2H3. The molecule has 0 saturated carbocycles. The maximum absolute atomic E-state index is 12.7. The minimum Gasteiger partial charge on any atom is -0.457 e. The van der Waals surface area contributed by atoms with Crippen molar-refractivity contribution in [3.05, 3.63) is 68.8 Å². The molecule has 0 aliphatic carbocycles. The van der Waals surface area contributed by atoms with Crippen LogP contribution in [0.3, 0.4) is 0 Å². The van der Waals surface area contributed by atoms with Gasteiger partial charge in [-0.05, 0) is 43.9 Å². The van der Waals surface area contributed by atoms with Crippen LogP contribution in [0.15, 0.2) is 36.4 Å². The van der Waals surface area contributed by atoms with Gasteiger partial charge in [-0.25, -0.2) is 4.79 Å². The zero-order valence-corrected chi connectivity index (χ0v) is 15.0. The van der Waals surface area contributed by atoms with Crippen molar-refractivity contribution in [3.8, 4) is 0 Å². The average molecular weight is 354 g/mol. The molecule has 6 heteroatoms. The summed E-state index contributed by atoms with van der Waals surface area (Å²) in [7, 11) is 0. The zero-order valence-electron chi connectivity index (χ0n) is 15.0. The van der Waals surface area contributed by atoms with Crippen LogP contribution in [0.1, 0.15) is 39.9 Å². The summed E-state index contributed by atoms with van der Waals surface area (Å²) in [5.41, 5.74) is 3.93. The van der Waals surface area contributed by atoms with E-state index in [0.29, 0.717) is 5.69 Å². The van der Waals surface area contributed by atoms with E-state index in [9.17, 15) is 14.9 Å². The van der Waals surface area contributed by atoms with Gasteiger partial charge in [-0.3, -0.25) is 10.1 Å². The number of hydrogen-bond donors (Lipinski definition) is 0. The average Bonchev–Trinajstić information content (AvgIpc) is 3.16. The Hall–Kier alpha value is -2.89. The molecule has 2 aromatic rings. The predicted molar refractivity (Wildman–Crippen MR) is 99.6 cm³/mol. The minimum absolute atomic E-state index is 0.105. The van der Waals surface area contributed by atoms with Crippen molar-refractivity contribution >= 4 is 17.3 Å². The number of carbonyl (C=O) groups excluding carboxylic acids is 1. The lowest BCUT2D eigenvalue weighted by atomic mass is 10.1. The lowest BCUT2D eigenvalue weighted by Crippen LogP contribution is -2.21. The lowest BCUT2D eigenvalue weighted by Gasteiger charge is -2.20. The fourth-order valence-corrected chi connectivity index (χ4v) is 3.21. The molecule has 0 bridgehead atoms. The van der Waals surface area contributed by atoms with E-state index < -0.39 is 10.9 Å². The van der Waals surface area contributed by atoms with E-state index in [4.69, 9.17) is 4.74 Å². The first-order chi connectivity index (χ1) is 12.5. The molecule has 0 radical (unpaired) electrons. The summed E-state index contributed by atoms with van der Waals surface area (Å²) in [6.45, 7) is 5.78. The summed E-state index contributed by atoms with van der Waals surface area (Å²) in [6.07, 6.45) is 2.10. The number of non-ortho nitro benzene ring substituents is 1. The van der Waals surface area contributed by atoms with Gasteiger partial charge in [0.1, 0.15) is 6.61 Å². The Balaban J connectivity index is 1.85. The maximum atomic E-state index is 12.7. The molecule has 0 unspecified atom stereocenters. The highest BCUT2D eigenvalue weighted by molar-refractivity contribution is 5.96. The van der Waals surface area contributed by atoms with Gasteiger partial charge in [0.25, 0.3) is 5.69 Å². The summed E-state index contributed by atoms with van der Waals surface area (Å²) in [5.74, 6) is -0.531. The molecule has 1 aliphatic heterocycles. The first-order valence-corrected chi connectivity index (χ1v) is 8.72. The molecule has 0 aromatic heterocycles. The Labute approximate surface area is 152 Å². The van der Waals surface area contributed by atoms with Gasteiger partial charge >= 0.3 is 5.97 Å². The van der Waals surface area contributed by atoms with Crippen LogP contribution in [0.2, 0.25) is 0 Å².